The molecule has 1 heterocycles. The standard InChI is InChI=1S/C22H16Cl2N2O4S/c1-12(27)30-21-19(28-2)7-13(8-20(21)29-3)6-15(10-25)22-26-18(11-31-22)14-4-5-16(23)17(24)9-14/h4-9,11H,1-3H3. The highest BCUT2D eigenvalue weighted by Gasteiger charge is 2.17. The summed E-state index contributed by atoms with van der Waals surface area (Å²) in [5.41, 5.74) is 2.44. The number of nitrogens with zero attached hydrogens (tertiary/aromatic N) is 2. The van der Waals surface area contributed by atoms with E-state index in [1.807, 2.05) is 11.4 Å². The smallest absolute Gasteiger partial charge is 0.308 e. The number of carbonyl (C=O) groups excluding carboxylic acids is 1. The van der Waals surface area contributed by atoms with Crippen LogP contribution in [0.5, 0.6) is 17.2 Å². The van der Waals surface area contributed by atoms with E-state index >= 15 is 0 Å². The summed E-state index contributed by atoms with van der Waals surface area (Å²) < 4.78 is 15.8. The van der Waals surface area contributed by atoms with Gasteiger partial charge in [-0.2, -0.15) is 5.26 Å². The predicted molar refractivity (Wildman–Crippen MR) is 122 cm³/mol. The van der Waals surface area contributed by atoms with Crippen molar-refractivity contribution in [1.29, 1.82) is 5.26 Å². The van der Waals surface area contributed by atoms with Crippen LogP contribution in [0, 0.1) is 11.3 Å². The van der Waals surface area contributed by atoms with Crippen LogP contribution in [0.25, 0.3) is 22.9 Å². The molecule has 0 spiro atoms. The molecule has 0 atom stereocenters. The van der Waals surface area contributed by atoms with Crippen molar-refractivity contribution < 1.29 is 19.0 Å². The number of methoxy groups -OCH3 is 2. The van der Waals surface area contributed by atoms with Crippen LogP contribution >= 0.6 is 34.5 Å². The predicted octanol–water partition coefficient (Wildman–Crippen LogP) is 6.12. The van der Waals surface area contributed by atoms with Crippen molar-refractivity contribution in [2.24, 2.45) is 0 Å². The molecular weight excluding hydrogens is 459 g/mol. The lowest BCUT2D eigenvalue weighted by atomic mass is 10.1. The van der Waals surface area contributed by atoms with Gasteiger partial charge < -0.3 is 14.2 Å². The van der Waals surface area contributed by atoms with Crippen molar-refractivity contribution in [3.63, 3.8) is 0 Å². The Balaban J connectivity index is 2.00. The van der Waals surface area contributed by atoms with Crippen LogP contribution in [0.3, 0.4) is 0 Å². The molecular formula is C22H16Cl2N2O4S. The fourth-order valence-electron chi connectivity index (χ4n) is 2.72. The van der Waals surface area contributed by atoms with Gasteiger partial charge >= 0.3 is 5.97 Å². The van der Waals surface area contributed by atoms with Crippen molar-refractivity contribution >= 4 is 52.2 Å². The molecule has 0 N–H and O–H groups in total. The first kappa shape index (κ1) is 22.6. The van der Waals surface area contributed by atoms with E-state index in [9.17, 15) is 10.1 Å². The molecule has 0 amide bonds. The first-order valence-corrected chi connectivity index (χ1v) is 10.5. The second-order valence-corrected chi connectivity index (χ2v) is 7.86. The number of rotatable bonds is 6. The zero-order chi connectivity index (χ0) is 22.5. The van der Waals surface area contributed by atoms with Crippen LogP contribution < -0.4 is 14.2 Å². The minimum atomic E-state index is -0.504. The van der Waals surface area contributed by atoms with E-state index in [-0.39, 0.29) is 5.75 Å². The summed E-state index contributed by atoms with van der Waals surface area (Å²) in [5, 5.41) is 13.0. The molecule has 158 valence electrons. The molecule has 0 saturated heterocycles. The number of aromatic nitrogens is 1. The number of hydrogen-bond donors (Lipinski definition) is 0. The third-order valence-corrected chi connectivity index (χ3v) is 5.72. The highest BCUT2D eigenvalue weighted by molar-refractivity contribution is 7.11. The Morgan fingerprint density at radius 1 is 1.13 bits per heavy atom. The van der Waals surface area contributed by atoms with Gasteiger partial charge in [-0.3, -0.25) is 4.79 Å². The van der Waals surface area contributed by atoms with Crippen LogP contribution in [0.4, 0.5) is 0 Å². The van der Waals surface area contributed by atoms with Gasteiger partial charge in [0, 0.05) is 17.9 Å². The van der Waals surface area contributed by atoms with Gasteiger partial charge in [-0.05, 0) is 35.9 Å². The molecule has 0 radical (unpaired) electrons. The van der Waals surface area contributed by atoms with Crippen LogP contribution in [-0.4, -0.2) is 25.2 Å². The molecule has 3 rings (SSSR count). The van der Waals surface area contributed by atoms with E-state index in [4.69, 9.17) is 37.4 Å². The number of halogens is 2. The summed E-state index contributed by atoms with van der Waals surface area (Å²) in [6.45, 7) is 1.29. The van der Waals surface area contributed by atoms with Crippen LogP contribution in [0.1, 0.15) is 17.5 Å². The molecule has 3 aromatic rings. The molecule has 2 aromatic carbocycles. The summed E-state index contributed by atoms with van der Waals surface area (Å²) in [6, 6.07) is 10.7. The van der Waals surface area contributed by atoms with Crippen molar-refractivity contribution in [2.45, 2.75) is 6.92 Å². The van der Waals surface area contributed by atoms with E-state index in [0.717, 1.165) is 5.56 Å². The zero-order valence-corrected chi connectivity index (χ0v) is 19.1. The second-order valence-electron chi connectivity index (χ2n) is 6.18. The second kappa shape index (κ2) is 9.84. The Bertz CT molecular complexity index is 1190. The van der Waals surface area contributed by atoms with Crippen LogP contribution in [0.15, 0.2) is 35.7 Å². The molecule has 0 aliphatic carbocycles. The lowest BCUT2D eigenvalue weighted by Crippen LogP contribution is -2.05. The molecule has 1 aromatic heterocycles. The molecule has 31 heavy (non-hydrogen) atoms. The number of nitriles is 1. The highest BCUT2D eigenvalue weighted by atomic mass is 35.5. The van der Waals surface area contributed by atoms with Gasteiger partial charge in [0.25, 0.3) is 0 Å². The Labute approximate surface area is 193 Å². The molecule has 0 aliphatic rings. The Hall–Kier alpha value is -3.05. The summed E-state index contributed by atoms with van der Waals surface area (Å²) in [5.74, 6) is 0.266. The molecule has 0 unspecified atom stereocenters. The minimum Gasteiger partial charge on any atom is -0.493 e. The number of esters is 1. The Morgan fingerprint density at radius 2 is 1.81 bits per heavy atom. The number of carbonyl (C=O) groups is 1. The van der Waals surface area contributed by atoms with Gasteiger partial charge in [-0.25, -0.2) is 4.98 Å². The van der Waals surface area contributed by atoms with E-state index < -0.39 is 5.97 Å². The van der Waals surface area contributed by atoms with E-state index in [0.29, 0.717) is 43.4 Å². The van der Waals surface area contributed by atoms with Crippen LogP contribution in [0.2, 0.25) is 10.0 Å². The first-order valence-electron chi connectivity index (χ1n) is 8.83. The van der Waals surface area contributed by atoms with Gasteiger partial charge in [0.15, 0.2) is 11.5 Å². The molecule has 0 saturated carbocycles. The largest absolute Gasteiger partial charge is 0.493 e. The molecule has 0 aliphatic heterocycles. The summed E-state index contributed by atoms with van der Waals surface area (Å²) in [4.78, 5) is 15.9. The normalized spacial score (nSPS) is 11.0. The fourth-order valence-corrected chi connectivity index (χ4v) is 3.81. The number of thiazole rings is 1. The van der Waals surface area contributed by atoms with Crippen molar-refractivity contribution in [1.82, 2.24) is 4.98 Å². The van der Waals surface area contributed by atoms with Gasteiger partial charge in [-0.1, -0.05) is 29.3 Å². The number of hydrogen-bond acceptors (Lipinski definition) is 7. The van der Waals surface area contributed by atoms with Crippen molar-refractivity contribution in [3.8, 4) is 34.6 Å². The zero-order valence-electron chi connectivity index (χ0n) is 16.7. The van der Waals surface area contributed by atoms with Gasteiger partial charge in [0.2, 0.25) is 5.75 Å². The third-order valence-electron chi connectivity index (χ3n) is 4.11. The van der Waals surface area contributed by atoms with Gasteiger partial charge in [-0.15, -0.1) is 11.3 Å². The lowest BCUT2D eigenvalue weighted by molar-refractivity contribution is -0.132. The summed E-state index contributed by atoms with van der Waals surface area (Å²) in [6.07, 6.45) is 1.65. The summed E-state index contributed by atoms with van der Waals surface area (Å²) >= 11 is 13.4. The Morgan fingerprint density at radius 3 is 2.35 bits per heavy atom. The number of ether oxygens (including phenoxy) is 3. The van der Waals surface area contributed by atoms with E-state index in [1.165, 1.54) is 32.5 Å². The Kier molecular flexibility index (Phi) is 7.18. The van der Waals surface area contributed by atoms with Gasteiger partial charge in [0.05, 0.1) is 35.5 Å². The van der Waals surface area contributed by atoms with Crippen molar-refractivity contribution in [2.75, 3.05) is 14.2 Å². The maximum Gasteiger partial charge on any atom is 0.308 e. The highest BCUT2D eigenvalue weighted by Crippen LogP contribution is 2.40. The first-order chi connectivity index (χ1) is 14.9. The summed E-state index contributed by atoms with van der Waals surface area (Å²) in [7, 11) is 2.90. The average Bonchev–Trinajstić information content (AvgIpc) is 3.24. The monoisotopic (exact) mass is 474 g/mol. The number of benzene rings is 2. The van der Waals surface area contributed by atoms with Crippen LogP contribution in [-0.2, 0) is 4.79 Å². The minimum absolute atomic E-state index is 0.171. The average molecular weight is 475 g/mol. The van der Waals surface area contributed by atoms with Crippen molar-refractivity contribution in [3.05, 3.63) is 56.3 Å². The molecule has 9 heteroatoms. The molecule has 0 bridgehead atoms. The van der Waals surface area contributed by atoms with E-state index in [2.05, 4.69) is 11.1 Å². The number of allylic oxidation sites excluding steroid dienone is 1. The molecule has 0 fully saturated rings. The van der Waals surface area contributed by atoms with E-state index in [1.54, 1.807) is 30.3 Å². The SMILES string of the molecule is COc1cc(C=C(C#N)c2nc(-c3ccc(Cl)c(Cl)c3)cs2)cc(OC)c1OC(C)=O. The third kappa shape index (κ3) is 5.17. The fraction of sp³-hybridized carbons (Fsp3) is 0.136. The quantitative estimate of drug-likeness (QED) is 0.243. The molecule has 6 nitrogen and oxygen atoms in total. The maximum atomic E-state index is 11.4. The lowest BCUT2D eigenvalue weighted by Gasteiger charge is -2.13. The topological polar surface area (TPSA) is 81.4 Å². The van der Waals surface area contributed by atoms with Gasteiger partial charge in [0.1, 0.15) is 11.1 Å². The maximum absolute atomic E-state index is 11.4.